The van der Waals surface area contributed by atoms with Gasteiger partial charge in [-0.1, -0.05) is 42.5 Å². The lowest BCUT2D eigenvalue weighted by atomic mass is 10.1. The van der Waals surface area contributed by atoms with Crippen LogP contribution in [0.15, 0.2) is 54.6 Å². The zero-order valence-electron chi connectivity index (χ0n) is 14.2. The second kappa shape index (κ2) is 9.57. The van der Waals surface area contributed by atoms with E-state index in [1.165, 1.54) is 12.1 Å². The molecule has 0 saturated carbocycles. The van der Waals surface area contributed by atoms with Gasteiger partial charge in [-0.3, -0.25) is 9.59 Å². The number of esters is 1. The van der Waals surface area contributed by atoms with Crippen molar-refractivity contribution in [2.24, 2.45) is 0 Å². The number of carbonyl (C=O) groups excluding carboxylic acids is 2. The van der Waals surface area contributed by atoms with Crippen LogP contribution >= 0.6 is 0 Å². The highest BCUT2D eigenvalue weighted by atomic mass is 19.1. The summed E-state index contributed by atoms with van der Waals surface area (Å²) in [5.74, 6) is -1.02. The number of carbonyl (C=O) groups is 2. The zero-order chi connectivity index (χ0) is 18.1. The fourth-order valence-electron chi connectivity index (χ4n) is 2.33. The number of amides is 1. The molecule has 5 heteroatoms. The summed E-state index contributed by atoms with van der Waals surface area (Å²) in [6.45, 7) is 1.95. The van der Waals surface area contributed by atoms with Gasteiger partial charge in [0, 0.05) is 13.0 Å². The van der Waals surface area contributed by atoms with E-state index in [9.17, 15) is 14.0 Å². The highest BCUT2D eigenvalue weighted by Crippen LogP contribution is 2.05. The molecule has 0 fully saturated rings. The summed E-state index contributed by atoms with van der Waals surface area (Å²) >= 11 is 0. The molecule has 0 radical (unpaired) electrons. The molecule has 0 spiro atoms. The molecule has 1 amide bonds. The third-order valence-electron chi connectivity index (χ3n) is 3.76. The molecule has 0 saturated heterocycles. The van der Waals surface area contributed by atoms with Crippen LogP contribution in [0.1, 0.15) is 24.5 Å². The monoisotopic (exact) mass is 343 g/mol. The molecule has 25 heavy (non-hydrogen) atoms. The van der Waals surface area contributed by atoms with Crippen molar-refractivity contribution in [1.82, 2.24) is 5.32 Å². The van der Waals surface area contributed by atoms with E-state index in [0.29, 0.717) is 19.4 Å². The molecular weight excluding hydrogens is 321 g/mol. The Labute approximate surface area is 147 Å². The Bertz CT molecular complexity index is 686. The number of halogens is 1. The standard InChI is InChI=1S/C20H22FNO3/c1-15(25-19(23)12-9-16-5-3-2-4-6-16)20(24)22-14-13-17-7-10-18(21)11-8-17/h2-8,10-11,15H,9,12-14H2,1H3,(H,22,24)/t15-/m0/s1. The zero-order valence-corrected chi connectivity index (χ0v) is 14.2. The molecular formula is C20H22FNO3. The largest absolute Gasteiger partial charge is 0.453 e. The maximum Gasteiger partial charge on any atom is 0.306 e. The fourth-order valence-corrected chi connectivity index (χ4v) is 2.33. The summed E-state index contributed by atoms with van der Waals surface area (Å²) in [7, 11) is 0. The number of rotatable bonds is 8. The van der Waals surface area contributed by atoms with Crippen LogP contribution in [0, 0.1) is 5.82 Å². The molecule has 0 aliphatic heterocycles. The summed E-state index contributed by atoms with van der Waals surface area (Å²) in [5, 5.41) is 2.71. The van der Waals surface area contributed by atoms with E-state index >= 15 is 0 Å². The molecule has 2 aromatic rings. The Hall–Kier alpha value is -2.69. The molecule has 1 atom stereocenters. The smallest absolute Gasteiger partial charge is 0.306 e. The molecule has 0 aliphatic carbocycles. The van der Waals surface area contributed by atoms with Crippen LogP contribution in [0.2, 0.25) is 0 Å². The van der Waals surface area contributed by atoms with Gasteiger partial charge in [0.05, 0.1) is 0 Å². The lowest BCUT2D eigenvalue weighted by Crippen LogP contribution is -2.36. The van der Waals surface area contributed by atoms with Crippen LogP contribution in [-0.4, -0.2) is 24.5 Å². The van der Waals surface area contributed by atoms with Crippen molar-refractivity contribution in [1.29, 1.82) is 0 Å². The molecule has 2 rings (SSSR count). The SMILES string of the molecule is C[C@H](OC(=O)CCc1ccccc1)C(=O)NCCc1ccc(F)cc1. The van der Waals surface area contributed by atoms with Gasteiger partial charge in [0.15, 0.2) is 6.10 Å². The quantitative estimate of drug-likeness (QED) is 0.750. The van der Waals surface area contributed by atoms with E-state index in [1.54, 1.807) is 19.1 Å². The summed E-state index contributed by atoms with van der Waals surface area (Å²) in [6.07, 6.45) is 0.563. The predicted octanol–water partition coefficient (Wildman–Crippen LogP) is 3.05. The lowest BCUT2D eigenvalue weighted by Gasteiger charge is -2.13. The highest BCUT2D eigenvalue weighted by molar-refractivity contribution is 5.83. The van der Waals surface area contributed by atoms with Crippen molar-refractivity contribution >= 4 is 11.9 Å². The lowest BCUT2D eigenvalue weighted by molar-refractivity contribution is -0.154. The normalized spacial score (nSPS) is 11.6. The Morgan fingerprint density at radius 2 is 1.64 bits per heavy atom. The van der Waals surface area contributed by atoms with E-state index in [1.807, 2.05) is 30.3 Å². The minimum absolute atomic E-state index is 0.233. The van der Waals surface area contributed by atoms with Gasteiger partial charge >= 0.3 is 5.97 Å². The van der Waals surface area contributed by atoms with Crippen LogP contribution in [0.25, 0.3) is 0 Å². The van der Waals surface area contributed by atoms with Gasteiger partial charge in [0.2, 0.25) is 0 Å². The van der Waals surface area contributed by atoms with E-state index in [0.717, 1.165) is 11.1 Å². The average molecular weight is 343 g/mol. The maximum absolute atomic E-state index is 12.8. The van der Waals surface area contributed by atoms with Crippen molar-refractivity contribution in [2.45, 2.75) is 32.3 Å². The van der Waals surface area contributed by atoms with Crippen molar-refractivity contribution in [3.05, 3.63) is 71.5 Å². The molecule has 132 valence electrons. The molecule has 0 aliphatic rings. The number of hydrogen-bond acceptors (Lipinski definition) is 3. The van der Waals surface area contributed by atoms with Gasteiger partial charge < -0.3 is 10.1 Å². The molecule has 1 N–H and O–H groups in total. The second-order valence-electron chi connectivity index (χ2n) is 5.79. The molecule has 0 heterocycles. The van der Waals surface area contributed by atoms with Crippen LogP contribution in [0.5, 0.6) is 0 Å². The molecule has 0 bridgehead atoms. The minimum Gasteiger partial charge on any atom is -0.453 e. The Kier molecular flexibility index (Phi) is 7.14. The van der Waals surface area contributed by atoms with E-state index in [4.69, 9.17) is 4.74 Å². The number of ether oxygens (including phenoxy) is 1. The van der Waals surface area contributed by atoms with Crippen molar-refractivity contribution < 1.29 is 18.7 Å². The average Bonchev–Trinajstić information content (AvgIpc) is 2.62. The second-order valence-corrected chi connectivity index (χ2v) is 5.79. The van der Waals surface area contributed by atoms with E-state index < -0.39 is 12.1 Å². The van der Waals surface area contributed by atoms with Gasteiger partial charge in [-0.15, -0.1) is 0 Å². The highest BCUT2D eigenvalue weighted by Gasteiger charge is 2.17. The Balaban J connectivity index is 1.66. The number of hydrogen-bond donors (Lipinski definition) is 1. The molecule has 4 nitrogen and oxygen atoms in total. The van der Waals surface area contributed by atoms with Gasteiger partial charge in [0.25, 0.3) is 5.91 Å². The van der Waals surface area contributed by atoms with Crippen molar-refractivity contribution in [3.63, 3.8) is 0 Å². The van der Waals surface area contributed by atoms with Crippen molar-refractivity contribution in [3.8, 4) is 0 Å². The predicted molar refractivity (Wildman–Crippen MR) is 93.4 cm³/mol. The topological polar surface area (TPSA) is 55.4 Å². The first-order valence-electron chi connectivity index (χ1n) is 8.30. The van der Waals surface area contributed by atoms with Crippen LogP contribution in [0.3, 0.4) is 0 Å². The number of aryl methyl sites for hydroxylation is 1. The number of benzene rings is 2. The van der Waals surface area contributed by atoms with Crippen molar-refractivity contribution in [2.75, 3.05) is 6.54 Å². The van der Waals surface area contributed by atoms with E-state index in [-0.39, 0.29) is 18.1 Å². The molecule has 0 aromatic heterocycles. The van der Waals surface area contributed by atoms with Gasteiger partial charge in [-0.05, 0) is 43.0 Å². The van der Waals surface area contributed by atoms with E-state index in [2.05, 4.69) is 5.32 Å². The summed E-state index contributed by atoms with van der Waals surface area (Å²) in [5.41, 5.74) is 1.98. The van der Waals surface area contributed by atoms with Gasteiger partial charge in [0.1, 0.15) is 5.82 Å². The fraction of sp³-hybridized carbons (Fsp3) is 0.300. The first-order chi connectivity index (χ1) is 12.0. The third kappa shape index (κ3) is 6.75. The minimum atomic E-state index is -0.837. The number of nitrogens with one attached hydrogen (secondary N) is 1. The maximum atomic E-state index is 12.8. The molecule has 2 aromatic carbocycles. The first kappa shape index (κ1) is 18.6. The molecule has 0 unspecified atom stereocenters. The Morgan fingerprint density at radius 3 is 2.32 bits per heavy atom. The summed E-state index contributed by atoms with van der Waals surface area (Å²) in [6, 6.07) is 15.7. The van der Waals surface area contributed by atoms with Gasteiger partial charge in [-0.25, -0.2) is 4.39 Å². The summed E-state index contributed by atoms with van der Waals surface area (Å²) in [4.78, 5) is 23.8. The third-order valence-corrected chi connectivity index (χ3v) is 3.76. The first-order valence-corrected chi connectivity index (χ1v) is 8.30. The Morgan fingerprint density at radius 1 is 1.00 bits per heavy atom. The van der Waals surface area contributed by atoms with Crippen LogP contribution in [-0.2, 0) is 27.2 Å². The van der Waals surface area contributed by atoms with Crippen LogP contribution in [0.4, 0.5) is 4.39 Å². The van der Waals surface area contributed by atoms with Gasteiger partial charge in [-0.2, -0.15) is 0 Å². The van der Waals surface area contributed by atoms with Crippen LogP contribution < -0.4 is 5.32 Å². The summed E-state index contributed by atoms with van der Waals surface area (Å²) < 4.78 is 18.0.